The van der Waals surface area contributed by atoms with Crippen molar-refractivity contribution in [3.8, 4) is 5.75 Å². The molecule has 1 atom stereocenters. The standard InChI is InChI=1S/C16H19NO3S/c1-12-11-15(9-10-16(12)20-3)21(18,19)17-13(2)14-7-5-4-6-8-14/h4-11,13,17H,1-3H3. The molecule has 1 unspecified atom stereocenters. The van der Waals surface area contributed by atoms with Crippen LogP contribution in [0.3, 0.4) is 0 Å². The lowest BCUT2D eigenvalue weighted by Gasteiger charge is -2.15. The number of rotatable bonds is 5. The van der Waals surface area contributed by atoms with Crippen LogP contribution in [0.15, 0.2) is 53.4 Å². The first-order chi connectivity index (χ1) is 9.94. The molecule has 4 nitrogen and oxygen atoms in total. The Kier molecular flexibility index (Phi) is 4.65. The number of hydrogen-bond donors (Lipinski definition) is 1. The third-order valence-corrected chi connectivity index (χ3v) is 4.85. The van der Waals surface area contributed by atoms with Gasteiger partial charge in [-0.05, 0) is 43.2 Å². The van der Waals surface area contributed by atoms with Crippen LogP contribution >= 0.6 is 0 Å². The minimum absolute atomic E-state index is 0.239. The first-order valence-electron chi connectivity index (χ1n) is 6.66. The number of ether oxygens (including phenoxy) is 1. The second-order valence-corrected chi connectivity index (χ2v) is 6.60. The van der Waals surface area contributed by atoms with Gasteiger partial charge in [-0.25, -0.2) is 13.1 Å². The fourth-order valence-corrected chi connectivity index (χ4v) is 3.45. The molecule has 0 saturated heterocycles. The van der Waals surface area contributed by atoms with Gasteiger partial charge in [-0.15, -0.1) is 0 Å². The van der Waals surface area contributed by atoms with Gasteiger partial charge < -0.3 is 4.74 Å². The van der Waals surface area contributed by atoms with Gasteiger partial charge in [0.05, 0.1) is 12.0 Å². The van der Waals surface area contributed by atoms with E-state index < -0.39 is 10.0 Å². The summed E-state index contributed by atoms with van der Waals surface area (Å²) in [6, 6.07) is 14.0. The lowest BCUT2D eigenvalue weighted by Crippen LogP contribution is -2.26. The second kappa shape index (κ2) is 6.28. The number of nitrogens with one attached hydrogen (secondary N) is 1. The normalized spacial score (nSPS) is 12.9. The van der Waals surface area contributed by atoms with E-state index in [9.17, 15) is 8.42 Å². The Balaban J connectivity index is 2.24. The molecule has 0 aliphatic carbocycles. The number of benzene rings is 2. The van der Waals surface area contributed by atoms with E-state index in [-0.39, 0.29) is 10.9 Å². The molecule has 0 radical (unpaired) electrons. The molecule has 112 valence electrons. The Bertz CT molecular complexity index is 712. The summed E-state index contributed by atoms with van der Waals surface area (Å²) < 4.78 is 32.7. The van der Waals surface area contributed by atoms with Crippen LogP contribution in [0.4, 0.5) is 0 Å². The van der Waals surface area contributed by atoms with Crippen LogP contribution in [0.1, 0.15) is 24.1 Å². The summed E-state index contributed by atoms with van der Waals surface area (Å²) >= 11 is 0. The number of hydrogen-bond acceptors (Lipinski definition) is 3. The third-order valence-electron chi connectivity index (χ3n) is 3.31. The predicted octanol–water partition coefficient (Wildman–Crippen LogP) is 3.04. The average molecular weight is 305 g/mol. The van der Waals surface area contributed by atoms with Crippen molar-refractivity contribution in [2.24, 2.45) is 0 Å². The molecule has 0 heterocycles. The largest absolute Gasteiger partial charge is 0.496 e. The van der Waals surface area contributed by atoms with Crippen molar-refractivity contribution in [3.05, 3.63) is 59.7 Å². The van der Waals surface area contributed by atoms with Crippen LogP contribution in [0.5, 0.6) is 5.75 Å². The maximum atomic E-state index is 12.4. The Morgan fingerprint density at radius 1 is 1.10 bits per heavy atom. The van der Waals surface area contributed by atoms with Crippen LogP contribution in [0.25, 0.3) is 0 Å². The highest BCUT2D eigenvalue weighted by Gasteiger charge is 2.19. The highest BCUT2D eigenvalue weighted by atomic mass is 32.2. The zero-order chi connectivity index (χ0) is 15.5. The highest BCUT2D eigenvalue weighted by Crippen LogP contribution is 2.22. The van der Waals surface area contributed by atoms with Gasteiger partial charge >= 0.3 is 0 Å². The van der Waals surface area contributed by atoms with Gasteiger partial charge in [-0.2, -0.15) is 0 Å². The zero-order valence-electron chi connectivity index (χ0n) is 12.3. The molecule has 0 aliphatic rings. The minimum atomic E-state index is -3.56. The van der Waals surface area contributed by atoms with Gasteiger partial charge in [0.1, 0.15) is 5.75 Å². The summed E-state index contributed by atoms with van der Waals surface area (Å²) in [5, 5.41) is 0. The molecular weight excluding hydrogens is 286 g/mol. The van der Waals surface area contributed by atoms with Crippen molar-refractivity contribution in [2.75, 3.05) is 7.11 Å². The molecule has 0 bridgehead atoms. The molecule has 5 heteroatoms. The topological polar surface area (TPSA) is 55.4 Å². The lowest BCUT2D eigenvalue weighted by molar-refractivity contribution is 0.411. The second-order valence-electron chi connectivity index (χ2n) is 4.89. The Labute approximate surface area is 125 Å². The van der Waals surface area contributed by atoms with Crippen molar-refractivity contribution in [1.82, 2.24) is 4.72 Å². The summed E-state index contributed by atoms with van der Waals surface area (Å²) in [5.74, 6) is 0.671. The van der Waals surface area contributed by atoms with Crippen molar-refractivity contribution in [2.45, 2.75) is 24.8 Å². The lowest BCUT2D eigenvalue weighted by atomic mass is 10.1. The average Bonchev–Trinajstić information content (AvgIpc) is 2.47. The summed E-state index contributed by atoms with van der Waals surface area (Å²) in [6.45, 7) is 3.64. The molecule has 0 amide bonds. The Morgan fingerprint density at radius 3 is 2.33 bits per heavy atom. The van der Waals surface area contributed by atoms with Crippen LogP contribution in [-0.2, 0) is 10.0 Å². The van der Waals surface area contributed by atoms with Crippen LogP contribution in [-0.4, -0.2) is 15.5 Å². The van der Waals surface area contributed by atoms with Gasteiger partial charge in [0.2, 0.25) is 10.0 Å². The highest BCUT2D eigenvalue weighted by molar-refractivity contribution is 7.89. The molecular formula is C16H19NO3S. The van der Waals surface area contributed by atoms with E-state index >= 15 is 0 Å². The molecule has 0 aliphatic heterocycles. The van der Waals surface area contributed by atoms with Crippen molar-refractivity contribution >= 4 is 10.0 Å². The summed E-state index contributed by atoms with van der Waals surface area (Å²) in [7, 11) is -2.00. The SMILES string of the molecule is COc1ccc(S(=O)(=O)NC(C)c2ccccc2)cc1C. The zero-order valence-corrected chi connectivity index (χ0v) is 13.1. The molecule has 2 aromatic rings. The summed E-state index contributed by atoms with van der Waals surface area (Å²) in [4.78, 5) is 0.239. The fraction of sp³-hybridized carbons (Fsp3) is 0.250. The first-order valence-corrected chi connectivity index (χ1v) is 8.14. The van der Waals surface area contributed by atoms with Gasteiger partial charge in [0.25, 0.3) is 0 Å². The first kappa shape index (κ1) is 15.5. The van der Waals surface area contributed by atoms with Gasteiger partial charge in [0.15, 0.2) is 0 Å². The maximum Gasteiger partial charge on any atom is 0.241 e. The van der Waals surface area contributed by atoms with E-state index in [0.29, 0.717) is 5.75 Å². The molecule has 0 spiro atoms. The van der Waals surface area contributed by atoms with Gasteiger partial charge in [-0.1, -0.05) is 30.3 Å². The molecule has 0 fully saturated rings. The van der Waals surface area contributed by atoms with E-state index in [2.05, 4.69) is 4.72 Å². The van der Waals surface area contributed by atoms with Crippen molar-refractivity contribution in [1.29, 1.82) is 0 Å². The van der Waals surface area contributed by atoms with Crippen LogP contribution in [0.2, 0.25) is 0 Å². The van der Waals surface area contributed by atoms with Crippen LogP contribution < -0.4 is 9.46 Å². The monoisotopic (exact) mass is 305 g/mol. The third kappa shape index (κ3) is 3.62. The number of methoxy groups -OCH3 is 1. The maximum absolute atomic E-state index is 12.4. The Morgan fingerprint density at radius 2 is 1.76 bits per heavy atom. The molecule has 2 aromatic carbocycles. The van der Waals surface area contributed by atoms with E-state index in [4.69, 9.17) is 4.74 Å². The van der Waals surface area contributed by atoms with E-state index in [1.165, 1.54) is 0 Å². The summed E-state index contributed by atoms with van der Waals surface area (Å²) in [6.07, 6.45) is 0. The van der Waals surface area contributed by atoms with Crippen molar-refractivity contribution in [3.63, 3.8) is 0 Å². The molecule has 1 N–H and O–H groups in total. The van der Waals surface area contributed by atoms with E-state index in [1.807, 2.05) is 44.2 Å². The van der Waals surface area contributed by atoms with Gasteiger partial charge in [0, 0.05) is 6.04 Å². The van der Waals surface area contributed by atoms with Gasteiger partial charge in [-0.3, -0.25) is 0 Å². The molecule has 2 rings (SSSR count). The number of sulfonamides is 1. The Hall–Kier alpha value is -1.85. The quantitative estimate of drug-likeness (QED) is 0.923. The summed E-state index contributed by atoms with van der Waals surface area (Å²) in [5.41, 5.74) is 1.71. The van der Waals surface area contributed by atoms with E-state index in [0.717, 1.165) is 11.1 Å². The van der Waals surface area contributed by atoms with E-state index in [1.54, 1.807) is 25.3 Å². The molecule has 21 heavy (non-hydrogen) atoms. The number of aryl methyl sites for hydroxylation is 1. The van der Waals surface area contributed by atoms with Crippen LogP contribution in [0, 0.1) is 6.92 Å². The smallest absolute Gasteiger partial charge is 0.241 e. The fourth-order valence-electron chi connectivity index (χ4n) is 2.13. The molecule has 0 aromatic heterocycles. The van der Waals surface area contributed by atoms with Crippen molar-refractivity contribution < 1.29 is 13.2 Å². The minimum Gasteiger partial charge on any atom is -0.496 e. The molecule has 0 saturated carbocycles. The predicted molar refractivity (Wildman–Crippen MR) is 82.9 cm³/mol.